The van der Waals surface area contributed by atoms with Gasteiger partial charge < -0.3 is 0 Å². The van der Waals surface area contributed by atoms with Gasteiger partial charge in [0.1, 0.15) is 0 Å². The van der Waals surface area contributed by atoms with Gasteiger partial charge in [-0.25, -0.2) is 0 Å². The van der Waals surface area contributed by atoms with Crippen LogP contribution in [0.3, 0.4) is 0 Å². The van der Waals surface area contributed by atoms with E-state index in [0.29, 0.717) is 5.92 Å². The van der Waals surface area contributed by atoms with Crippen molar-refractivity contribution < 1.29 is 0 Å². The quantitative estimate of drug-likeness (QED) is 0.677. The fourth-order valence-corrected chi connectivity index (χ4v) is 3.38. The van der Waals surface area contributed by atoms with Crippen molar-refractivity contribution in [1.29, 1.82) is 0 Å². The Morgan fingerprint density at radius 1 is 0.944 bits per heavy atom. The minimum Gasteiger partial charge on any atom is -0.0720 e. The zero-order chi connectivity index (χ0) is 12.7. The zero-order valence-electron chi connectivity index (χ0n) is 10.6. The molecule has 1 aliphatic rings. The molecule has 0 N–H and O–H groups in total. The van der Waals surface area contributed by atoms with Crippen molar-refractivity contribution >= 4 is 22.0 Å². The molecule has 0 fully saturated rings. The average molecular weight is 299 g/mol. The van der Waals surface area contributed by atoms with Gasteiger partial charge in [0.05, 0.1) is 0 Å². The third-order valence-electron chi connectivity index (χ3n) is 3.73. The maximum absolute atomic E-state index is 3.63. The number of halogens is 1. The van der Waals surface area contributed by atoms with E-state index >= 15 is 0 Å². The van der Waals surface area contributed by atoms with E-state index in [1.165, 1.54) is 32.3 Å². The predicted molar refractivity (Wildman–Crippen MR) is 80.9 cm³/mol. The average Bonchev–Trinajstić information content (AvgIpc) is 2.75. The lowest BCUT2D eigenvalue weighted by atomic mass is 9.87. The highest BCUT2D eigenvalue weighted by molar-refractivity contribution is 9.10. The van der Waals surface area contributed by atoms with Gasteiger partial charge in [-0.2, -0.15) is 0 Å². The van der Waals surface area contributed by atoms with E-state index in [1.807, 2.05) is 0 Å². The first kappa shape index (κ1) is 11.7. The second kappa shape index (κ2) is 4.40. The smallest absolute Gasteiger partial charge is 0.0284 e. The van der Waals surface area contributed by atoms with E-state index in [4.69, 9.17) is 0 Å². The van der Waals surface area contributed by atoms with Crippen LogP contribution in [0.5, 0.6) is 0 Å². The first-order chi connectivity index (χ1) is 8.68. The van der Waals surface area contributed by atoms with Gasteiger partial charge in [-0.1, -0.05) is 58.4 Å². The molecule has 0 bridgehead atoms. The van der Waals surface area contributed by atoms with Gasteiger partial charge >= 0.3 is 0 Å². The number of benzene rings is 2. The molecule has 1 unspecified atom stereocenters. The van der Waals surface area contributed by atoms with Gasteiger partial charge in [0, 0.05) is 10.4 Å². The van der Waals surface area contributed by atoms with Crippen LogP contribution in [0.2, 0.25) is 0 Å². The highest BCUT2D eigenvalue weighted by Gasteiger charge is 2.22. The Labute approximate surface area is 116 Å². The predicted octanol–water partition coefficient (Wildman–Crippen LogP) is 5.22. The molecule has 0 radical (unpaired) electrons. The summed E-state index contributed by atoms with van der Waals surface area (Å²) in [5, 5.41) is 0. The van der Waals surface area contributed by atoms with Crippen LogP contribution >= 0.6 is 15.9 Å². The van der Waals surface area contributed by atoms with Crippen molar-refractivity contribution in [2.24, 2.45) is 0 Å². The lowest BCUT2D eigenvalue weighted by Gasteiger charge is -2.17. The summed E-state index contributed by atoms with van der Waals surface area (Å²) in [5.41, 5.74) is 6.92. The van der Waals surface area contributed by atoms with Gasteiger partial charge in [-0.05, 0) is 47.7 Å². The number of fused-ring (bicyclic) bond motifs is 1. The molecule has 2 aromatic carbocycles. The van der Waals surface area contributed by atoms with E-state index in [0.717, 1.165) is 0 Å². The molecule has 0 aliphatic heterocycles. The highest BCUT2D eigenvalue weighted by atomic mass is 79.9. The summed E-state index contributed by atoms with van der Waals surface area (Å²) in [6, 6.07) is 13.0. The third kappa shape index (κ3) is 1.74. The number of allylic oxidation sites excluding steroid dienone is 1. The van der Waals surface area contributed by atoms with Crippen LogP contribution in [-0.2, 0) is 0 Å². The van der Waals surface area contributed by atoms with Crippen LogP contribution < -0.4 is 0 Å². The molecular formula is C17H15Br. The fraction of sp³-hybridized carbons (Fsp3) is 0.176. The minimum atomic E-state index is 0.402. The van der Waals surface area contributed by atoms with Crippen molar-refractivity contribution in [3.05, 3.63) is 74.8 Å². The molecule has 0 saturated carbocycles. The minimum absolute atomic E-state index is 0.402. The molecule has 0 aromatic heterocycles. The second-order valence-electron chi connectivity index (χ2n) is 4.89. The molecule has 1 heteroatoms. The summed E-state index contributed by atoms with van der Waals surface area (Å²) < 4.78 is 1.19. The van der Waals surface area contributed by atoms with Gasteiger partial charge in [0.15, 0.2) is 0 Å². The van der Waals surface area contributed by atoms with Crippen molar-refractivity contribution in [3.8, 4) is 0 Å². The third-order valence-corrected chi connectivity index (χ3v) is 4.42. The molecule has 0 amide bonds. The summed E-state index contributed by atoms with van der Waals surface area (Å²) in [5.74, 6) is 0.402. The second-order valence-corrected chi connectivity index (χ2v) is 5.74. The number of rotatable bonds is 1. The molecule has 1 atom stereocenters. The van der Waals surface area contributed by atoms with Crippen LogP contribution in [-0.4, -0.2) is 0 Å². The molecule has 0 nitrogen and oxygen atoms in total. The Kier molecular flexibility index (Phi) is 2.87. The molecule has 3 rings (SSSR count). The monoisotopic (exact) mass is 298 g/mol. The Morgan fingerprint density at radius 2 is 1.61 bits per heavy atom. The summed E-state index contributed by atoms with van der Waals surface area (Å²) in [4.78, 5) is 0. The van der Waals surface area contributed by atoms with E-state index in [9.17, 15) is 0 Å². The number of aryl methyl sites for hydroxylation is 2. The summed E-state index contributed by atoms with van der Waals surface area (Å²) in [6.07, 6.45) is 4.54. The Bertz CT molecular complexity index is 618. The zero-order valence-corrected chi connectivity index (χ0v) is 12.2. The van der Waals surface area contributed by atoms with E-state index in [2.05, 4.69) is 78.3 Å². The number of hydrogen-bond acceptors (Lipinski definition) is 0. The topological polar surface area (TPSA) is 0 Å². The lowest BCUT2D eigenvalue weighted by molar-refractivity contribution is 1.01. The molecular weight excluding hydrogens is 284 g/mol. The SMILES string of the molecule is Cc1cccc(C)c1C1C=Cc2c(Br)cccc21. The summed E-state index contributed by atoms with van der Waals surface area (Å²) in [7, 11) is 0. The molecule has 1 aliphatic carbocycles. The van der Waals surface area contributed by atoms with Crippen LogP contribution in [0, 0.1) is 13.8 Å². The van der Waals surface area contributed by atoms with Crippen molar-refractivity contribution in [2.45, 2.75) is 19.8 Å². The standard InChI is InChI=1S/C17H15Br/c1-11-5-3-6-12(2)17(11)15-10-9-14-13(15)7-4-8-16(14)18/h3-10,15H,1-2H3. The first-order valence-electron chi connectivity index (χ1n) is 6.21. The van der Waals surface area contributed by atoms with Crippen LogP contribution in [0.25, 0.3) is 6.08 Å². The highest BCUT2D eigenvalue weighted by Crippen LogP contribution is 2.40. The van der Waals surface area contributed by atoms with Crippen molar-refractivity contribution in [3.63, 3.8) is 0 Å². The molecule has 0 saturated heterocycles. The molecule has 0 heterocycles. The Hall–Kier alpha value is -1.34. The van der Waals surface area contributed by atoms with Crippen LogP contribution in [0.15, 0.2) is 46.9 Å². The summed E-state index contributed by atoms with van der Waals surface area (Å²) >= 11 is 3.63. The van der Waals surface area contributed by atoms with Gasteiger partial charge in [0.25, 0.3) is 0 Å². The van der Waals surface area contributed by atoms with E-state index < -0.39 is 0 Å². The van der Waals surface area contributed by atoms with Gasteiger partial charge in [0.2, 0.25) is 0 Å². The molecule has 90 valence electrons. The largest absolute Gasteiger partial charge is 0.0720 e. The lowest BCUT2D eigenvalue weighted by Crippen LogP contribution is -2.01. The van der Waals surface area contributed by atoms with E-state index in [1.54, 1.807) is 0 Å². The number of hydrogen-bond donors (Lipinski definition) is 0. The van der Waals surface area contributed by atoms with Gasteiger partial charge in [-0.3, -0.25) is 0 Å². The van der Waals surface area contributed by atoms with E-state index in [-0.39, 0.29) is 0 Å². The maximum atomic E-state index is 3.63. The van der Waals surface area contributed by atoms with Gasteiger partial charge in [-0.15, -0.1) is 0 Å². The first-order valence-corrected chi connectivity index (χ1v) is 7.00. The molecule has 18 heavy (non-hydrogen) atoms. The molecule has 2 aromatic rings. The Balaban J connectivity index is 2.19. The van der Waals surface area contributed by atoms with Crippen molar-refractivity contribution in [1.82, 2.24) is 0 Å². The molecule has 0 spiro atoms. The Morgan fingerprint density at radius 3 is 2.33 bits per heavy atom. The van der Waals surface area contributed by atoms with Crippen molar-refractivity contribution in [2.75, 3.05) is 0 Å². The fourth-order valence-electron chi connectivity index (χ4n) is 2.87. The summed E-state index contributed by atoms with van der Waals surface area (Å²) in [6.45, 7) is 4.40. The maximum Gasteiger partial charge on any atom is 0.0284 e. The normalized spacial score (nSPS) is 16.9. The van der Waals surface area contributed by atoms with Crippen LogP contribution in [0.1, 0.15) is 33.7 Å². The van der Waals surface area contributed by atoms with Crippen LogP contribution in [0.4, 0.5) is 0 Å².